The van der Waals surface area contributed by atoms with Crippen molar-refractivity contribution in [3.63, 3.8) is 0 Å². The van der Waals surface area contributed by atoms with Gasteiger partial charge in [-0.1, -0.05) is 0 Å². The average Bonchev–Trinajstić information content (AvgIpc) is 2.28. The number of benzene rings is 1. The van der Waals surface area contributed by atoms with Crippen LogP contribution in [0.2, 0.25) is 0 Å². The van der Waals surface area contributed by atoms with Gasteiger partial charge in [0.15, 0.2) is 0 Å². The number of nitrogens with zero attached hydrogens (tertiary/aromatic N) is 1. The third-order valence-corrected chi connectivity index (χ3v) is 2.64. The van der Waals surface area contributed by atoms with Gasteiger partial charge in [-0.2, -0.15) is 0 Å². The number of nitrogen functional groups attached to an aromatic ring is 1. The summed E-state index contributed by atoms with van der Waals surface area (Å²) in [5.41, 5.74) is 5.80. The zero-order valence-electron chi connectivity index (χ0n) is 10.9. The number of ether oxygens (including phenoxy) is 1. The van der Waals surface area contributed by atoms with Crippen molar-refractivity contribution in [2.45, 2.75) is 19.9 Å². The Morgan fingerprint density at radius 1 is 1.50 bits per heavy atom. The van der Waals surface area contributed by atoms with Gasteiger partial charge in [-0.25, -0.2) is 4.39 Å². The standard InChI is InChI=1S/C13H19FN2O2/c1-9(2)16(6-7-18-3)13(17)11-5-4-10(15)8-12(11)14/h4-5,8-9H,6-7,15H2,1-3H3. The number of nitrogens with two attached hydrogens (primary N) is 1. The Kier molecular flexibility index (Phi) is 5.09. The predicted molar refractivity (Wildman–Crippen MR) is 68.9 cm³/mol. The van der Waals surface area contributed by atoms with Crippen molar-refractivity contribution in [2.24, 2.45) is 0 Å². The summed E-state index contributed by atoms with van der Waals surface area (Å²) in [6, 6.07) is 4.06. The molecule has 0 aliphatic heterocycles. The molecule has 0 saturated carbocycles. The van der Waals surface area contributed by atoms with E-state index in [-0.39, 0.29) is 17.5 Å². The number of methoxy groups -OCH3 is 1. The first-order valence-corrected chi connectivity index (χ1v) is 5.82. The fourth-order valence-electron chi connectivity index (χ4n) is 1.64. The fourth-order valence-corrected chi connectivity index (χ4v) is 1.64. The van der Waals surface area contributed by atoms with Crippen molar-refractivity contribution < 1.29 is 13.9 Å². The highest BCUT2D eigenvalue weighted by Crippen LogP contribution is 2.15. The molecule has 1 aromatic rings. The molecular weight excluding hydrogens is 235 g/mol. The Morgan fingerprint density at radius 3 is 2.67 bits per heavy atom. The number of carbonyl (C=O) groups is 1. The zero-order chi connectivity index (χ0) is 13.7. The molecule has 0 aliphatic rings. The van der Waals surface area contributed by atoms with Crippen molar-refractivity contribution in [2.75, 3.05) is 26.0 Å². The molecule has 0 bridgehead atoms. The summed E-state index contributed by atoms with van der Waals surface area (Å²) in [4.78, 5) is 13.8. The van der Waals surface area contributed by atoms with Crippen LogP contribution in [0, 0.1) is 5.82 Å². The Bertz CT molecular complexity index is 421. The van der Waals surface area contributed by atoms with E-state index in [1.807, 2.05) is 13.8 Å². The lowest BCUT2D eigenvalue weighted by Gasteiger charge is -2.26. The van der Waals surface area contributed by atoms with E-state index in [4.69, 9.17) is 10.5 Å². The molecule has 0 saturated heterocycles. The lowest BCUT2D eigenvalue weighted by Crippen LogP contribution is -2.39. The number of amides is 1. The summed E-state index contributed by atoms with van der Waals surface area (Å²) in [7, 11) is 1.56. The van der Waals surface area contributed by atoms with Crippen LogP contribution in [-0.4, -0.2) is 37.1 Å². The maximum Gasteiger partial charge on any atom is 0.257 e. The smallest absolute Gasteiger partial charge is 0.257 e. The van der Waals surface area contributed by atoms with E-state index in [0.717, 1.165) is 6.07 Å². The van der Waals surface area contributed by atoms with Gasteiger partial charge in [0.25, 0.3) is 5.91 Å². The van der Waals surface area contributed by atoms with Crippen LogP contribution in [0.15, 0.2) is 18.2 Å². The number of anilines is 1. The Balaban J connectivity index is 2.94. The predicted octanol–water partition coefficient (Wildman–Crippen LogP) is 1.90. The molecule has 0 radical (unpaired) electrons. The molecule has 0 atom stereocenters. The normalized spacial score (nSPS) is 10.7. The number of carbonyl (C=O) groups excluding carboxylic acids is 1. The maximum absolute atomic E-state index is 13.7. The third kappa shape index (κ3) is 3.43. The van der Waals surface area contributed by atoms with E-state index in [1.165, 1.54) is 12.1 Å². The summed E-state index contributed by atoms with van der Waals surface area (Å²) < 4.78 is 18.6. The van der Waals surface area contributed by atoms with Gasteiger partial charge in [0.1, 0.15) is 5.82 Å². The Labute approximate surface area is 107 Å². The maximum atomic E-state index is 13.7. The molecule has 0 fully saturated rings. The lowest BCUT2D eigenvalue weighted by atomic mass is 10.1. The van der Waals surface area contributed by atoms with Gasteiger partial charge in [0.05, 0.1) is 12.2 Å². The molecule has 0 spiro atoms. The molecule has 100 valence electrons. The molecule has 5 heteroatoms. The van der Waals surface area contributed by atoms with Gasteiger partial charge in [0.2, 0.25) is 0 Å². The average molecular weight is 254 g/mol. The van der Waals surface area contributed by atoms with Gasteiger partial charge in [-0.05, 0) is 32.0 Å². The number of halogens is 1. The molecule has 2 N–H and O–H groups in total. The minimum atomic E-state index is -0.594. The summed E-state index contributed by atoms with van der Waals surface area (Å²) in [5.74, 6) is -0.942. The highest BCUT2D eigenvalue weighted by atomic mass is 19.1. The van der Waals surface area contributed by atoms with Crippen LogP contribution in [0.3, 0.4) is 0 Å². The van der Waals surface area contributed by atoms with E-state index in [1.54, 1.807) is 12.0 Å². The van der Waals surface area contributed by atoms with Crippen LogP contribution in [0.1, 0.15) is 24.2 Å². The van der Waals surface area contributed by atoms with Crippen LogP contribution in [0.5, 0.6) is 0 Å². The summed E-state index contributed by atoms with van der Waals surface area (Å²) in [6.07, 6.45) is 0. The van der Waals surface area contributed by atoms with E-state index >= 15 is 0 Å². The van der Waals surface area contributed by atoms with Crippen molar-refractivity contribution >= 4 is 11.6 Å². The zero-order valence-corrected chi connectivity index (χ0v) is 10.9. The topological polar surface area (TPSA) is 55.6 Å². The number of rotatable bonds is 5. The van der Waals surface area contributed by atoms with Crippen molar-refractivity contribution in [1.29, 1.82) is 0 Å². The van der Waals surface area contributed by atoms with E-state index in [2.05, 4.69) is 0 Å². The van der Waals surface area contributed by atoms with Crippen LogP contribution in [0.4, 0.5) is 10.1 Å². The first-order chi connectivity index (χ1) is 8.47. The van der Waals surface area contributed by atoms with Crippen molar-refractivity contribution in [3.8, 4) is 0 Å². The largest absolute Gasteiger partial charge is 0.399 e. The Morgan fingerprint density at radius 2 is 2.17 bits per heavy atom. The SMILES string of the molecule is COCCN(C(=O)c1ccc(N)cc1F)C(C)C. The second kappa shape index (κ2) is 6.35. The summed E-state index contributed by atoms with van der Waals surface area (Å²) in [5, 5.41) is 0. The minimum Gasteiger partial charge on any atom is -0.399 e. The Hall–Kier alpha value is -1.62. The molecule has 0 heterocycles. The highest BCUT2D eigenvalue weighted by molar-refractivity contribution is 5.95. The molecular formula is C13H19FN2O2. The van der Waals surface area contributed by atoms with Crippen LogP contribution in [0.25, 0.3) is 0 Å². The minimum absolute atomic E-state index is 0.0235. The molecule has 0 unspecified atom stereocenters. The van der Waals surface area contributed by atoms with E-state index < -0.39 is 5.82 Å². The number of hydrogen-bond donors (Lipinski definition) is 1. The van der Waals surface area contributed by atoms with Gasteiger partial charge < -0.3 is 15.4 Å². The lowest BCUT2D eigenvalue weighted by molar-refractivity contribution is 0.0630. The van der Waals surface area contributed by atoms with Crippen molar-refractivity contribution in [3.05, 3.63) is 29.6 Å². The van der Waals surface area contributed by atoms with Crippen molar-refractivity contribution in [1.82, 2.24) is 4.90 Å². The molecule has 1 amide bonds. The van der Waals surface area contributed by atoms with E-state index in [9.17, 15) is 9.18 Å². The third-order valence-electron chi connectivity index (χ3n) is 2.64. The number of hydrogen-bond acceptors (Lipinski definition) is 3. The van der Waals surface area contributed by atoms with Crippen LogP contribution >= 0.6 is 0 Å². The summed E-state index contributed by atoms with van der Waals surface area (Å²) in [6.45, 7) is 4.60. The summed E-state index contributed by atoms with van der Waals surface area (Å²) >= 11 is 0. The first kappa shape index (κ1) is 14.4. The monoisotopic (exact) mass is 254 g/mol. The molecule has 0 aliphatic carbocycles. The second-order valence-electron chi connectivity index (χ2n) is 4.32. The van der Waals surface area contributed by atoms with Gasteiger partial charge in [-0.3, -0.25) is 4.79 Å². The molecule has 4 nitrogen and oxygen atoms in total. The van der Waals surface area contributed by atoms with Crippen LogP contribution < -0.4 is 5.73 Å². The molecule has 1 rings (SSSR count). The highest BCUT2D eigenvalue weighted by Gasteiger charge is 2.21. The molecule has 18 heavy (non-hydrogen) atoms. The van der Waals surface area contributed by atoms with Crippen LogP contribution in [-0.2, 0) is 4.74 Å². The fraction of sp³-hybridized carbons (Fsp3) is 0.462. The van der Waals surface area contributed by atoms with E-state index in [0.29, 0.717) is 18.8 Å². The molecule has 1 aromatic carbocycles. The molecule has 0 aromatic heterocycles. The second-order valence-corrected chi connectivity index (χ2v) is 4.32. The van der Waals surface area contributed by atoms with Gasteiger partial charge in [0, 0.05) is 25.4 Å². The van der Waals surface area contributed by atoms with Gasteiger partial charge in [-0.15, -0.1) is 0 Å². The van der Waals surface area contributed by atoms with Gasteiger partial charge >= 0.3 is 0 Å². The quantitative estimate of drug-likeness (QED) is 0.816. The first-order valence-electron chi connectivity index (χ1n) is 5.82.